The largest absolute Gasteiger partial charge is 0.144 e. The van der Waals surface area contributed by atoms with Crippen molar-refractivity contribution >= 4 is 29.0 Å². The number of rotatable bonds is 3. The molecule has 0 saturated carbocycles. The fraction of sp³-hybridized carbons (Fsp3) is 0.250. The summed E-state index contributed by atoms with van der Waals surface area (Å²) in [5, 5.41) is 2.07. The van der Waals surface area contributed by atoms with Gasteiger partial charge in [0.15, 0.2) is 0 Å². The van der Waals surface area contributed by atoms with Gasteiger partial charge in [-0.15, -0.1) is 22.9 Å². The molecule has 0 spiro atoms. The predicted octanol–water partition coefficient (Wildman–Crippen LogP) is 3.39. The van der Waals surface area contributed by atoms with Crippen LogP contribution in [-0.4, -0.2) is 5.88 Å². The highest BCUT2D eigenvalue weighted by Crippen LogP contribution is 2.10. The SMILES string of the molecule is ClCC/C=C/c1cccs1. The summed E-state index contributed by atoms with van der Waals surface area (Å²) in [5.74, 6) is 0.710. The van der Waals surface area contributed by atoms with Crippen molar-refractivity contribution in [3.05, 3.63) is 28.5 Å². The van der Waals surface area contributed by atoms with Crippen molar-refractivity contribution in [3.8, 4) is 0 Å². The van der Waals surface area contributed by atoms with E-state index in [1.54, 1.807) is 11.3 Å². The zero-order chi connectivity index (χ0) is 7.23. The summed E-state index contributed by atoms with van der Waals surface area (Å²) in [4.78, 5) is 1.30. The molecule has 0 atom stereocenters. The molecule has 0 saturated heterocycles. The Balaban J connectivity index is 2.40. The van der Waals surface area contributed by atoms with E-state index in [-0.39, 0.29) is 0 Å². The normalized spacial score (nSPS) is 10.9. The lowest BCUT2D eigenvalue weighted by molar-refractivity contribution is 1.25. The third kappa shape index (κ3) is 2.54. The van der Waals surface area contributed by atoms with Gasteiger partial charge in [-0.05, 0) is 23.9 Å². The Morgan fingerprint density at radius 1 is 1.60 bits per heavy atom. The average molecular weight is 173 g/mol. The third-order valence-electron chi connectivity index (χ3n) is 1.10. The van der Waals surface area contributed by atoms with Gasteiger partial charge < -0.3 is 0 Å². The molecule has 0 fully saturated rings. The topological polar surface area (TPSA) is 0 Å². The zero-order valence-corrected chi connectivity index (χ0v) is 7.16. The number of hydrogen-bond acceptors (Lipinski definition) is 1. The fourth-order valence-corrected chi connectivity index (χ4v) is 1.42. The molecule has 1 aromatic rings. The van der Waals surface area contributed by atoms with Crippen LogP contribution in [0.4, 0.5) is 0 Å². The van der Waals surface area contributed by atoms with Gasteiger partial charge in [0.25, 0.3) is 0 Å². The molecule has 0 aromatic carbocycles. The van der Waals surface area contributed by atoms with Crippen LogP contribution < -0.4 is 0 Å². The highest BCUT2D eigenvalue weighted by molar-refractivity contribution is 7.10. The van der Waals surface area contributed by atoms with Crippen molar-refractivity contribution in [1.82, 2.24) is 0 Å². The highest BCUT2D eigenvalue weighted by atomic mass is 35.5. The lowest BCUT2D eigenvalue weighted by Crippen LogP contribution is -1.64. The summed E-state index contributed by atoms with van der Waals surface area (Å²) in [6.45, 7) is 0. The molecular weight excluding hydrogens is 164 g/mol. The first-order valence-electron chi connectivity index (χ1n) is 3.19. The van der Waals surface area contributed by atoms with E-state index in [1.807, 2.05) is 6.07 Å². The first kappa shape index (κ1) is 7.83. The van der Waals surface area contributed by atoms with Gasteiger partial charge in [-0.25, -0.2) is 0 Å². The number of halogens is 1. The van der Waals surface area contributed by atoms with Crippen LogP contribution in [0.1, 0.15) is 11.3 Å². The average Bonchev–Trinajstić information content (AvgIpc) is 2.41. The van der Waals surface area contributed by atoms with Gasteiger partial charge in [0.05, 0.1) is 0 Å². The summed E-state index contributed by atoms with van der Waals surface area (Å²) >= 11 is 7.24. The van der Waals surface area contributed by atoms with Crippen LogP contribution in [-0.2, 0) is 0 Å². The molecule has 1 rings (SSSR count). The number of allylic oxidation sites excluding steroid dienone is 1. The molecule has 0 aliphatic rings. The lowest BCUT2D eigenvalue weighted by Gasteiger charge is -1.81. The molecule has 54 valence electrons. The van der Waals surface area contributed by atoms with E-state index in [2.05, 4.69) is 23.6 Å². The number of thiophene rings is 1. The smallest absolute Gasteiger partial charge is 0.0267 e. The Kier molecular flexibility index (Phi) is 3.55. The molecule has 0 N–H and O–H groups in total. The molecular formula is C8H9ClS. The van der Waals surface area contributed by atoms with Gasteiger partial charge in [0, 0.05) is 10.8 Å². The lowest BCUT2D eigenvalue weighted by atomic mass is 10.4. The van der Waals surface area contributed by atoms with Crippen LogP contribution in [0.2, 0.25) is 0 Å². The van der Waals surface area contributed by atoms with Crippen LogP contribution in [0, 0.1) is 0 Å². The molecule has 0 amide bonds. The quantitative estimate of drug-likeness (QED) is 0.614. The molecule has 0 radical (unpaired) electrons. The maximum Gasteiger partial charge on any atom is 0.0267 e. The minimum atomic E-state index is 0.710. The first-order chi connectivity index (χ1) is 4.93. The molecule has 1 heterocycles. The van der Waals surface area contributed by atoms with Crippen LogP contribution >= 0.6 is 22.9 Å². The van der Waals surface area contributed by atoms with Crippen molar-refractivity contribution in [2.45, 2.75) is 6.42 Å². The fourth-order valence-electron chi connectivity index (χ4n) is 0.649. The van der Waals surface area contributed by atoms with E-state index in [1.165, 1.54) is 4.88 Å². The zero-order valence-electron chi connectivity index (χ0n) is 5.59. The monoisotopic (exact) mass is 172 g/mol. The van der Waals surface area contributed by atoms with Crippen molar-refractivity contribution in [1.29, 1.82) is 0 Å². The van der Waals surface area contributed by atoms with Crippen molar-refractivity contribution < 1.29 is 0 Å². The minimum Gasteiger partial charge on any atom is -0.144 e. The standard InChI is InChI=1S/C8H9ClS/c9-6-2-1-4-8-5-3-7-10-8/h1,3-5,7H,2,6H2/b4-1+. The summed E-state index contributed by atoms with van der Waals surface area (Å²) in [6.07, 6.45) is 5.16. The van der Waals surface area contributed by atoms with E-state index in [4.69, 9.17) is 11.6 Å². The van der Waals surface area contributed by atoms with Gasteiger partial charge >= 0.3 is 0 Å². The van der Waals surface area contributed by atoms with Gasteiger partial charge in [0.1, 0.15) is 0 Å². The Bertz CT molecular complexity index is 189. The molecule has 0 aliphatic heterocycles. The molecule has 10 heavy (non-hydrogen) atoms. The van der Waals surface area contributed by atoms with E-state index >= 15 is 0 Å². The Hall–Kier alpha value is -0.270. The van der Waals surface area contributed by atoms with Gasteiger partial charge in [0.2, 0.25) is 0 Å². The Labute approximate surface area is 70.1 Å². The Morgan fingerprint density at radius 3 is 3.10 bits per heavy atom. The van der Waals surface area contributed by atoms with Gasteiger partial charge in [-0.3, -0.25) is 0 Å². The maximum absolute atomic E-state index is 5.49. The second kappa shape index (κ2) is 4.53. The van der Waals surface area contributed by atoms with E-state index < -0.39 is 0 Å². The summed E-state index contributed by atoms with van der Waals surface area (Å²) in [5.41, 5.74) is 0. The summed E-state index contributed by atoms with van der Waals surface area (Å²) in [6, 6.07) is 4.14. The van der Waals surface area contributed by atoms with Crippen LogP contribution in [0.3, 0.4) is 0 Å². The van der Waals surface area contributed by atoms with E-state index in [9.17, 15) is 0 Å². The Morgan fingerprint density at radius 2 is 2.50 bits per heavy atom. The summed E-state index contributed by atoms with van der Waals surface area (Å²) < 4.78 is 0. The third-order valence-corrected chi connectivity index (χ3v) is 2.16. The highest BCUT2D eigenvalue weighted by Gasteiger charge is 1.83. The van der Waals surface area contributed by atoms with Crippen LogP contribution in [0.15, 0.2) is 23.6 Å². The molecule has 2 heteroatoms. The second-order valence-electron chi connectivity index (χ2n) is 1.90. The summed E-state index contributed by atoms with van der Waals surface area (Å²) in [7, 11) is 0. The molecule has 1 aromatic heterocycles. The molecule has 0 bridgehead atoms. The predicted molar refractivity (Wildman–Crippen MR) is 48.7 cm³/mol. The second-order valence-corrected chi connectivity index (χ2v) is 3.25. The maximum atomic E-state index is 5.49. The number of hydrogen-bond donors (Lipinski definition) is 0. The first-order valence-corrected chi connectivity index (χ1v) is 4.61. The van der Waals surface area contributed by atoms with Gasteiger partial charge in [-0.2, -0.15) is 0 Å². The molecule has 0 nitrogen and oxygen atoms in total. The van der Waals surface area contributed by atoms with Crippen LogP contribution in [0.25, 0.3) is 6.08 Å². The van der Waals surface area contributed by atoms with Gasteiger partial charge in [-0.1, -0.05) is 12.1 Å². The van der Waals surface area contributed by atoms with Crippen molar-refractivity contribution in [2.75, 3.05) is 5.88 Å². The van der Waals surface area contributed by atoms with E-state index in [0.29, 0.717) is 5.88 Å². The molecule has 0 unspecified atom stereocenters. The minimum absolute atomic E-state index is 0.710. The van der Waals surface area contributed by atoms with Crippen LogP contribution in [0.5, 0.6) is 0 Å². The number of alkyl halides is 1. The van der Waals surface area contributed by atoms with Crippen molar-refractivity contribution in [2.24, 2.45) is 0 Å². The van der Waals surface area contributed by atoms with Crippen molar-refractivity contribution in [3.63, 3.8) is 0 Å². The van der Waals surface area contributed by atoms with E-state index in [0.717, 1.165) is 6.42 Å². The molecule has 0 aliphatic carbocycles.